The van der Waals surface area contributed by atoms with E-state index in [2.05, 4.69) is 0 Å². The van der Waals surface area contributed by atoms with Crippen LogP contribution in [0.25, 0.3) is 0 Å². The Morgan fingerprint density at radius 3 is 2.45 bits per heavy atom. The van der Waals surface area contributed by atoms with Crippen molar-refractivity contribution in [3.8, 4) is 0 Å². The second kappa shape index (κ2) is 13.7. The van der Waals surface area contributed by atoms with E-state index in [1.807, 2.05) is 12.2 Å². The molecule has 0 aromatic heterocycles. The zero-order valence-electron chi connectivity index (χ0n) is 13.0. The van der Waals surface area contributed by atoms with Crippen LogP contribution in [0.2, 0.25) is 0 Å². The predicted molar refractivity (Wildman–Crippen MR) is 87.6 cm³/mol. The van der Waals surface area contributed by atoms with E-state index in [1.54, 1.807) is 31.2 Å². The maximum absolute atomic E-state index is 11.0. The minimum Gasteiger partial charge on any atom is -0.481 e. The van der Waals surface area contributed by atoms with Gasteiger partial charge in [0.15, 0.2) is 5.78 Å². The standard InChI is InChI=1S/C18H24O4/c1-2-17(20)13-9-6-8-12-16(15-19)11-7-4-3-5-10-14-18(21)22/h4,6-9,12-13,15H,2-3,5,10-11,14H2,1H3,(H,21,22)/b7-4-,8-6+,13-9+,16-12+. The number of hydrogen-bond acceptors (Lipinski definition) is 3. The van der Waals surface area contributed by atoms with E-state index in [4.69, 9.17) is 5.11 Å². The Bertz CT molecular complexity index is 467. The Balaban J connectivity index is 4.04. The van der Waals surface area contributed by atoms with E-state index in [-0.39, 0.29) is 12.2 Å². The summed E-state index contributed by atoms with van der Waals surface area (Å²) >= 11 is 0. The van der Waals surface area contributed by atoms with Crippen LogP contribution in [0.15, 0.2) is 48.1 Å². The summed E-state index contributed by atoms with van der Waals surface area (Å²) in [5.74, 6) is -0.702. The van der Waals surface area contributed by atoms with Gasteiger partial charge in [-0.15, -0.1) is 0 Å². The van der Waals surface area contributed by atoms with Crippen LogP contribution in [-0.2, 0) is 14.4 Å². The topological polar surface area (TPSA) is 71.4 Å². The van der Waals surface area contributed by atoms with Gasteiger partial charge >= 0.3 is 5.97 Å². The summed E-state index contributed by atoms with van der Waals surface area (Å²) in [6, 6.07) is 0. The SMILES string of the molecule is CCC(=O)/C=C/C=C/C=C(/C=O)C/C=C\CCCCC(=O)O. The van der Waals surface area contributed by atoms with Gasteiger partial charge < -0.3 is 5.11 Å². The molecule has 0 spiro atoms. The zero-order valence-corrected chi connectivity index (χ0v) is 13.0. The summed E-state index contributed by atoms with van der Waals surface area (Å²) in [5, 5.41) is 8.49. The number of ketones is 1. The van der Waals surface area contributed by atoms with Gasteiger partial charge in [-0.2, -0.15) is 0 Å². The van der Waals surface area contributed by atoms with Crippen molar-refractivity contribution in [3.05, 3.63) is 48.1 Å². The van der Waals surface area contributed by atoms with Crippen molar-refractivity contribution in [1.29, 1.82) is 0 Å². The number of hydrogen-bond donors (Lipinski definition) is 1. The molecule has 120 valence electrons. The molecule has 22 heavy (non-hydrogen) atoms. The van der Waals surface area contributed by atoms with Crippen molar-refractivity contribution in [1.82, 2.24) is 0 Å². The molecule has 0 bridgehead atoms. The smallest absolute Gasteiger partial charge is 0.303 e. The highest BCUT2D eigenvalue weighted by molar-refractivity contribution is 5.89. The third-order valence-corrected chi connectivity index (χ3v) is 2.85. The van der Waals surface area contributed by atoms with Crippen LogP contribution in [0.1, 0.15) is 45.4 Å². The van der Waals surface area contributed by atoms with Crippen molar-refractivity contribution in [3.63, 3.8) is 0 Å². The Hall–Kier alpha value is -2.23. The van der Waals surface area contributed by atoms with Gasteiger partial charge in [0, 0.05) is 12.8 Å². The number of unbranched alkanes of at least 4 members (excludes halogenated alkanes) is 2. The first kappa shape index (κ1) is 19.8. The molecule has 0 radical (unpaired) electrons. The van der Waals surface area contributed by atoms with Gasteiger partial charge in [0.2, 0.25) is 0 Å². The molecule has 4 nitrogen and oxygen atoms in total. The molecule has 4 heteroatoms. The Morgan fingerprint density at radius 2 is 1.82 bits per heavy atom. The quantitative estimate of drug-likeness (QED) is 0.196. The molecule has 0 amide bonds. The maximum atomic E-state index is 11.0. The van der Waals surface area contributed by atoms with Crippen molar-refractivity contribution in [2.45, 2.75) is 45.4 Å². The van der Waals surface area contributed by atoms with Gasteiger partial charge in [-0.3, -0.25) is 14.4 Å². The molecule has 0 aliphatic carbocycles. The molecular formula is C18H24O4. The fourth-order valence-corrected chi connectivity index (χ4v) is 1.56. The molecule has 0 fully saturated rings. The van der Waals surface area contributed by atoms with Crippen molar-refractivity contribution >= 4 is 18.0 Å². The van der Waals surface area contributed by atoms with Crippen LogP contribution in [-0.4, -0.2) is 23.1 Å². The highest BCUT2D eigenvalue weighted by Gasteiger charge is 1.94. The van der Waals surface area contributed by atoms with Gasteiger partial charge in [0.05, 0.1) is 0 Å². The average Bonchev–Trinajstić information content (AvgIpc) is 2.50. The number of carbonyl (C=O) groups excluding carboxylic acids is 2. The third-order valence-electron chi connectivity index (χ3n) is 2.85. The number of aliphatic carboxylic acids is 1. The van der Waals surface area contributed by atoms with E-state index in [0.29, 0.717) is 24.8 Å². The highest BCUT2D eigenvalue weighted by Crippen LogP contribution is 2.04. The molecule has 0 saturated heterocycles. The second-order valence-electron chi connectivity index (χ2n) is 4.74. The molecule has 0 unspecified atom stereocenters. The van der Waals surface area contributed by atoms with Crippen molar-refractivity contribution in [2.75, 3.05) is 0 Å². The number of carbonyl (C=O) groups is 3. The van der Waals surface area contributed by atoms with Gasteiger partial charge in [-0.1, -0.05) is 43.4 Å². The largest absolute Gasteiger partial charge is 0.481 e. The molecule has 0 saturated carbocycles. The first-order valence-electron chi connectivity index (χ1n) is 7.48. The van der Waals surface area contributed by atoms with Gasteiger partial charge in [-0.25, -0.2) is 0 Å². The highest BCUT2D eigenvalue weighted by atomic mass is 16.4. The minimum atomic E-state index is -0.767. The first-order chi connectivity index (χ1) is 10.6. The molecule has 0 heterocycles. The number of carboxylic acid groups (broad SMARTS) is 1. The second-order valence-corrected chi connectivity index (χ2v) is 4.74. The van der Waals surface area contributed by atoms with E-state index in [0.717, 1.165) is 19.1 Å². The van der Waals surface area contributed by atoms with Crippen LogP contribution >= 0.6 is 0 Å². The lowest BCUT2D eigenvalue weighted by atomic mass is 10.1. The zero-order chi connectivity index (χ0) is 16.6. The van der Waals surface area contributed by atoms with Crippen LogP contribution in [0.3, 0.4) is 0 Å². The molecule has 0 aliphatic rings. The summed E-state index contributed by atoms with van der Waals surface area (Å²) in [6.45, 7) is 1.80. The summed E-state index contributed by atoms with van der Waals surface area (Å²) in [6.07, 6.45) is 16.5. The van der Waals surface area contributed by atoms with E-state index in [9.17, 15) is 14.4 Å². The maximum Gasteiger partial charge on any atom is 0.303 e. The lowest BCUT2D eigenvalue weighted by molar-refractivity contribution is -0.137. The number of allylic oxidation sites excluding steroid dienone is 8. The lowest BCUT2D eigenvalue weighted by Crippen LogP contribution is -1.92. The van der Waals surface area contributed by atoms with E-state index in [1.165, 1.54) is 6.08 Å². The van der Waals surface area contributed by atoms with E-state index < -0.39 is 5.97 Å². The Labute approximate surface area is 131 Å². The predicted octanol–water partition coefficient (Wildman–Crippen LogP) is 3.79. The molecule has 1 N–H and O–H groups in total. The molecular weight excluding hydrogens is 280 g/mol. The molecule has 0 rings (SSSR count). The fourth-order valence-electron chi connectivity index (χ4n) is 1.56. The number of carboxylic acids is 1. The molecule has 0 aromatic carbocycles. The van der Waals surface area contributed by atoms with Crippen LogP contribution in [0.4, 0.5) is 0 Å². The van der Waals surface area contributed by atoms with Gasteiger partial charge in [0.1, 0.15) is 6.29 Å². The average molecular weight is 304 g/mol. The van der Waals surface area contributed by atoms with Crippen LogP contribution in [0, 0.1) is 0 Å². The summed E-state index contributed by atoms with van der Waals surface area (Å²) in [4.78, 5) is 32.2. The molecule has 0 aliphatic heterocycles. The van der Waals surface area contributed by atoms with Crippen LogP contribution in [0.5, 0.6) is 0 Å². The number of rotatable bonds is 12. The molecule has 0 aromatic rings. The number of aldehydes is 1. The summed E-state index contributed by atoms with van der Waals surface area (Å²) in [7, 11) is 0. The molecule has 0 atom stereocenters. The van der Waals surface area contributed by atoms with Gasteiger partial charge in [0.25, 0.3) is 0 Å². The lowest BCUT2D eigenvalue weighted by Gasteiger charge is -1.94. The van der Waals surface area contributed by atoms with Crippen molar-refractivity contribution < 1.29 is 19.5 Å². The monoisotopic (exact) mass is 304 g/mol. The van der Waals surface area contributed by atoms with Gasteiger partial charge in [-0.05, 0) is 37.3 Å². The van der Waals surface area contributed by atoms with Crippen molar-refractivity contribution in [2.24, 2.45) is 0 Å². The fraction of sp³-hybridized carbons (Fsp3) is 0.389. The first-order valence-corrected chi connectivity index (χ1v) is 7.48. The normalized spacial score (nSPS) is 12.5. The minimum absolute atomic E-state index is 0.0649. The third kappa shape index (κ3) is 12.8. The van der Waals surface area contributed by atoms with Crippen LogP contribution < -0.4 is 0 Å². The Morgan fingerprint density at radius 1 is 1.05 bits per heavy atom. The summed E-state index contributed by atoms with van der Waals surface area (Å²) < 4.78 is 0. The Kier molecular flexibility index (Phi) is 12.3. The summed E-state index contributed by atoms with van der Waals surface area (Å²) in [5.41, 5.74) is 0.647. The van der Waals surface area contributed by atoms with E-state index >= 15 is 0 Å².